The van der Waals surface area contributed by atoms with Crippen LogP contribution in [0, 0.1) is 0 Å². The quantitative estimate of drug-likeness (QED) is 0.910. The number of hydrogen-bond acceptors (Lipinski definition) is 3. The summed E-state index contributed by atoms with van der Waals surface area (Å²) in [7, 11) is 0. The third-order valence-electron chi connectivity index (χ3n) is 2.43. The molecule has 5 heteroatoms. The lowest BCUT2D eigenvalue weighted by atomic mass is 10.1. The minimum absolute atomic E-state index is 0.393. The predicted octanol–water partition coefficient (Wildman–Crippen LogP) is 3.18. The molecule has 0 bridgehead atoms. The van der Waals surface area contributed by atoms with Crippen molar-refractivity contribution in [1.82, 2.24) is 4.98 Å². The molecule has 1 aromatic heterocycles. The summed E-state index contributed by atoms with van der Waals surface area (Å²) in [4.78, 5) is 14.9. The van der Waals surface area contributed by atoms with Gasteiger partial charge in [0.15, 0.2) is 0 Å². The van der Waals surface area contributed by atoms with Crippen LogP contribution in [0.2, 0.25) is 5.02 Å². The van der Waals surface area contributed by atoms with Crippen molar-refractivity contribution in [1.29, 1.82) is 0 Å². The number of rotatable bonds is 3. The Bertz CT molecular complexity index is 533. The van der Waals surface area contributed by atoms with Crippen molar-refractivity contribution in [2.24, 2.45) is 0 Å². The lowest BCUT2D eigenvalue weighted by Gasteiger charge is -1.98. The van der Waals surface area contributed by atoms with Crippen LogP contribution in [-0.4, -0.2) is 16.1 Å². The minimum Gasteiger partial charge on any atom is -0.481 e. The summed E-state index contributed by atoms with van der Waals surface area (Å²) in [5.74, 6) is -1.22. The number of carbonyl (C=O) groups is 1. The fourth-order valence-corrected chi connectivity index (χ4v) is 1.46. The van der Waals surface area contributed by atoms with E-state index >= 15 is 0 Å². The number of benzene rings is 1. The van der Waals surface area contributed by atoms with Gasteiger partial charge in [-0.3, -0.25) is 4.79 Å². The van der Waals surface area contributed by atoms with E-state index in [1.54, 1.807) is 31.2 Å². The number of carboxylic acid groups (broad SMARTS) is 1. The van der Waals surface area contributed by atoms with E-state index in [-0.39, 0.29) is 0 Å². The molecule has 0 saturated carbocycles. The first kappa shape index (κ1) is 11.7. The topological polar surface area (TPSA) is 63.3 Å². The first-order chi connectivity index (χ1) is 8.08. The molecule has 4 nitrogen and oxygen atoms in total. The van der Waals surface area contributed by atoms with Crippen LogP contribution in [0.25, 0.3) is 11.5 Å². The van der Waals surface area contributed by atoms with Crippen molar-refractivity contribution >= 4 is 17.6 Å². The number of hydrogen-bond donors (Lipinski definition) is 1. The van der Waals surface area contributed by atoms with Gasteiger partial charge in [-0.15, -0.1) is 0 Å². The molecule has 17 heavy (non-hydrogen) atoms. The zero-order chi connectivity index (χ0) is 12.4. The summed E-state index contributed by atoms with van der Waals surface area (Å²) in [6.45, 7) is 1.56. The van der Waals surface area contributed by atoms with Crippen molar-refractivity contribution in [2.45, 2.75) is 12.8 Å². The van der Waals surface area contributed by atoms with Gasteiger partial charge >= 0.3 is 5.97 Å². The molecule has 0 aliphatic heterocycles. The van der Waals surface area contributed by atoms with Crippen LogP contribution in [0.15, 0.2) is 34.9 Å². The number of nitrogens with zero attached hydrogens (tertiary/aromatic N) is 1. The van der Waals surface area contributed by atoms with E-state index in [4.69, 9.17) is 21.1 Å². The maximum Gasteiger partial charge on any atom is 0.312 e. The van der Waals surface area contributed by atoms with Gasteiger partial charge in [0.05, 0.1) is 11.6 Å². The third kappa shape index (κ3) is 2.47. The van der Waals surface area contributed by atoms with Crippen LogP contribution in [0.5, 0.6) is 0 Å². The van der Waals surface area contributed by atoms with Crippen molar-refractivity contribution in [3.8, 4) is 11.5 Å². The van der Waals surface area contributed by atoms with E-state index in [0.29, 0.717) is 16.6 Å². The lowest BCUT2D eigenvalue weighted by Crippen LogP contribution is -2.07. The van der Waals surface area contributed by atoms with Crippen molar-refractivity contribution in [2.75, 3.05) is 0 Å². The number of oxazole rings is 1. The van der Waals surface area contributed by atoms with Gasteiger partial charge in [-0.05, 0) is 31.2 Å². The Hall–Kier alpha value is -1.81. The standard InChI is InChI=1S/C12H10ClNO3/c1-7(12(15)16)10-6-17-11(14-10)8-2-4-9(13)5-3-8/h2-7H,1H3,(H,15,16). The fourth-order valence-electron chi connectivity index (χ4n) is 1.34. The van der Waals surface area contributed by atoms with Crippen LogP contribution >= 0.6 is 11.6 Å². The Morgan fingerprint density at radius 3 is 2.65 bits per heavy atom. The molecular weight excluding hydrogens is 242 g/mol. The Balaban J connectivity index is 2.29. The van der Waals surface area contributed by atoms with E-state index in [2.05, 4.69) is 4.98 Å². The monoisotopic (exact) mass is 251 g/mol. The van der Waals surface area contributed by atoms with E-state index in [0.717, 1.165) is 5.56 Å². The molecule has 0 saturated heterocycles. The highest BCUT2D eigenvalue weighted by atomic mass is 35.5. The third-order valence-corrected chi connectivity index (χ3v) is 2.68. The van der Waals surface area contributed by atoms with Gasteiger partial charge in [-0.25, -0.2) is 4.98 Å². The van der Waals surface area contributed by atoms with Crippen LogP contribution in [0.1, 0.15) is 18.5 Å². The van der Waals surface area contributed by atoms with Gasteiger partial charge in [-0.2, -0.15) is 0 Å². The molecule has 1 atom stereocenters. The normalized spacial score (nSPS) is 12.4. The molecule has 2 rings (SSSR count). The van der Waals surface area contributed by atoms with Gasteiger partial charge < -0.3 is 9.52 Å². The maximum atomic E-state index is 10.8. The summed E-state index contributed by atoms with van der Waals surface area (Å²) in [5.41, 5.74) is 1.17. The Labute approximate surface area is 103 Å². The predicted molar refractivity (Wildman–Crippen MR) is 63.0 cm³/mol. The molecule has 0 spiro atoms. The van der Waals surface area contributed by atoms with E-state index in [1.807, 2.05) is 0 Å². The molecule has 2 aromatic rings. The second-order valence-corrected chi connectivity index (χ2v) is 4.08. The van der Waals surface area contributed by atoms with Gasteiger partial charge in [0.2, 0.25) is 5.89 Å². The van der Waals surface area contributed by atoms with Gasteiger partial charge in [0.1, 0.15) is 6.26 Å². The molecule has 1 aromatic carbocycles. The largest absolute Gasteiger partial charge is 0.481 e. The highest BCUT2D eigenvalue weighted by Crippen LogP contribution is 2.23. The molecule has 1 N–H and O–H groups in total. The SMILES string of the molecule is CC(C(=O)O)c1coc(-c2ccc(Cl)cc2)n1. The van der Waals surface area contributed by atoms with Crippen LogP contribution in [-0.2, 0) is 4.79 Å². The average molecular weight is 252 g/mol. The van der Waals surface area contributed by atoms with Crippen molar-refractivity contribution in [3.63, 3.8) is 0 Å². The number of halogens is 1. The highest BCUT2D eigenvalue weighted by Gasteiger charge is 2.18. The lowest BCUT2D eigenvalue weighted by molar-refractivity contribution is -0.138. The van der Waals surface area contributed by atoms with Crippen molar-refractivity contribution in [3.05, 3.63) is 41.2 Å². The molecular formula is C12H10ClNO3. The van der Waals surface area contributed by atoms with E-state index in [1.165, 1.54) is 6.26 Å². The first-order valence-corrected chi connectivity index (χ1v) is 5.40. The minimum atomic E-state index is -0.930. The summed E-state index contributed by atoms with van der Waals surface area (Å²) < 4.78 is 5.24. The summed E-state index contributed by atoms with van der Waals surface area (Å²) in [6, 6.07) is 6.98. The molecule has 0 radical (unpaired) electrons. The number of aromatic nitrogens is 1. The zero-order valence-electron chi connectivity index (χ0n) is 9.05. The molecule has 0 amide bonds. The Kier molecular flexibility index (Phi) is 3.15. The molecule has 88 valence electrons. The summed E-state index contributed by atoms with van der Waals surface area (Å²) in [5, 5.41) is 9.48. The number of carboxylic acids is 1. The van der Waals surface area contributed by atoms with Gasteiger partial charge in [-0.1, -0.05) is 11.6 Å². The Morgan fingerprint density at radius 1 is 1.41 bits per heavy atom. The molecule has 1 heterocycles. The zero-order valence-corrected chi connectivity index (χ0v) is 9.81. The van der Waals surface area contributed by atoms with Crippen LogP contribution < -0.4 is 0 Å². The highest BCUT2D eigenvalue weighted by molar-refractivity contribution is 6.30. The first-order valence-electron chi connectivity index (χ1n) is 5.02. The summed E-state index contributed by atoms with van der Waals surface area (Å²) >= 11 is 5.77. The van der Waals surface area contributed by atoms with Gasteiger partial charge in [0.25, 0.3) is 0 Å². The van der Waals surface area contributed by atoms with Crippen molar-refractivity contribution < 1.29 is 14.3 Å². The fraction of sp³-hybridized carbons (Fsp3) is 0.167. The number of aliphatic carboxylic acids is 1. The van der Waals surface area contributed by atoms with Crippen LogP contribution in [0.4, 0.5) is 0 Å². The molecule has 0 aliphatic carbocycles. The van der Waals surface area contributed by atoms with Crippen LogP contribution in [0.3, 0.4) is 0 Å². The summed E-state index contributed by atoms with van der Waals surface area (Å²) in [6.07, 6.45) is 1.36. The Morgan fingerprint density at radius 2 is 2.06 bits per heavy atom. The molecule has 0 fully saturated rings. The second-order valence-electron chi connectivity index (χ2n) is 3.64. The smallest absolute Gasteiger partial charge is 0.312 e. The van der Waals surface area contributed by atoms with E-state index in [9.17, 15) is 4.79 Å². The molecule has 1 unspecified atom stereocenters. The average Bonchev–Trinajstić information content (AvgIpc) is 2.78. The maximum absolute atomic E-state index is 10.8. The van der Waals surface area contributed by atoms with E-state index < -0.39 is 11.9 Å². The van der Waals surface area contributed by atoms with Gasteiger partial charge in [0, 0.05) is 10.6 Å². The second kappa shape index (κ2) is 4.59. The molecule has 0 aliphatic rings.